The molecule has 2 aliphatic heterocycles. The summed E-state index contributed by atoms with van der Waals surface area (Å²) in [5, 5.41) is 0. The fraction of sp³-hybridized carbons (Fsp3) is 0.524. The van der Waals surface area contributed by atoms with Gasteiger partial charge in [-0.2, -0.15) is 0 Å². The Labute approximate surface area is 160 Å². The first-order valence-electron chi connectivity index (χ1n) is 9.60. The molecule has 0 unspecified atom stereocenters. The van der Waals surface area contributed by atoms with Gasteiger partial charge < -0.3 is 14.4 Å². The number of benzene rings is 1. The highest BCUT2D eigenvalue weighted by molar-refractivity contribution is 5.90. The minimum Gasteiger partial charge on any atom is -0.465 e. The minimum atomic E-state index is -0.322. The molecule has 6 heteroatoms. The SMILES string of the molecule is COC(=O)c1cccc(C=CC2CCN(C(=O)CN3CCOCC3)CC2)c1. The zero-order valence-electron chi connectivity index (χ0n) is 15.9. The average Bonchev–Trinajstić information content (AvgIpc) is 2.73. The molecule has 0 aromatic heterocycles. The number of allylic oxidation sites excluding steroid dienone is 1. The molecule has 1 aromatic carbocycles. The van der Waals surface area contributed by atoms with Crippen LogP contribution in [0.1, 0.15) is 28.8 Å². The molecule has 3 rings (SSSR count). The van der Waals surface area contributed by atoms with Crippen LogP contribution in [0.15, 0.2) is 30.3 Å². The van der Waals surface area contributed by atoms with Gasteiger partial charge in [-0.05, 0) is 36.5 Å². The first-order chi connectivity index (χ1) is 13.2. The van der Waals surface area contributed by atoms with Gasteiger partial charge in [0.15, 0.2) is 0 Å². The lowest BCUT2D eigenvalue weighted by atomic mass is 9.95. The van der Waals surface area contributed by atoms with E-state index in [1.165, 1.54) is 7.11 Å². The van der Waals surface area contributed by atoms with E-state index in [9.17, 15) is 9.59 Å². The number of ether oxygens (including phenoxy) is 2. The maximum absolute atomic E-state index is 12.5. The second kappa shape index (κ2) is 9.67. The highest BCUT2D eigenvalue weighted by Crippen LogP contribution is 2.20. The minimum absolute atomic E-state index is 0.227. The number of likely N-dealkylation sites (tertiary alicyclic amines) is 1. The number of carbonyl (C=O) groups is 2. The number of hydrogen-bond donors (Lipinski definition) is 0. The molecule has 2 heterocycles. The Morgan fingerprint density at radius 2 is 1.93 bits per heavy atom. The third kappa shape index (κ3) is 5.65. The molecule has 0 aliphatic carbocycles. The van der Waals surface area contributed by atoms with Crippen LogP contribution in [0.4, 0.5) is 0 Å². The zero-order valence-corrected chi connectivity index (χ0v) is 15.9. The fourth-order valence-corrected chi connectivity index (χ4v) is 3.53. The predicted octanol–water partition coefficient (Wildman–Crippen LogP) is 2.06. The molecule has 2 aliphatic rings. The molecule has 0 saturated carbocycles. The number of amides is 1. The molecule has 0 radical (unpaired) electrons. The Hall–Kier alpha value is -2.18. The largest absolute Gasteiger partial charge is 0.465 e. The van der Waals surface area contributed by atoms with E-state index < -0.39 is 0 Å². The van der Waals surface area contributed by atoms with Gasteiger partial charge in [-0.1, -0.05) is 24.3 Å². The summed E-state index contributed by atoms with van der Waals surface area (Å²) in [5.74, 6) is 0.363. The van der Waals surface area contributed by atoms with Crippen LogP contribution >= 0.6 is 0 Å². The number of rotatable bonds is 5. The van der Waals surface area contributed by atoms with E-state index in [-0.39, 0.29) is 11.9 Å². The van der Waals surface area contributed by atoms with Crippen LogP contribution in [0, 0.1) is 5.92 Å². The first kappa shape index (κ1) is 19.6. The highest BCUT2D eigenvalue weighted by Gasteiger charge is 2.23. The topological polar surface area (TPSA) is 59.1 Å². The van der Waals surface area contributed by atoms with E-state index in [0.717, 1.165) is 57.8 Å². The Kier molecular flexibility index (Phi) is 7.01. The van der Waals surface area contributed by atoms with Crippen molar-refractivity contribution in [1.82, 2.24) is 9.80 Å². The lowest BCUT2D eigenvalue weighted by Crippen LogP contribution is -2.46. The maximum atomic E-state index is 12.5. The number of nitrogens with zero attached hydrogens (tertiary/aromatic N) is 2. The zero-order chi connectivity index (χ0) is 19.1. The Balaban J connectivity index is 1.47. The number of morpholine rings is 1. The van der Waals surface area contributed by atoms with E-state index in [1.807, 2.05) is 23.1 Å². The van der Waals surface area contributed by atoms with Crippen molar-refractivity contribution >= 4 is 18.0 Å². The van der Waals surface area contributed by atoms with E-state index >= 15 is 0 Å². The van der Waals surface area contributed by atoms with Gasteiger partial charge in [-0.25, -0.2) is 4.79 Å². The number of piperidine rings is 1. The molecule has 146 valence electrons. The summed E-state index contributed by atoms with van der Waals surface area (Å²) in [6.45, 7) is 5.24. The summed E-state index contributed by atoms with van der Waals surface area (Å²) in [6.07, 6.45) is 6.20. The fourth-order valence-electron chi connectivity index (χ4n) is 3.53. The van der Waals surface area contributed by atoms with Crippen molar-refractivity contribution in [2.75, 3.05) is 53.0 Å². The van der Waals surface area contributed by atoms with Gasteiger partial charge in [0.05, 0.1) is 32.4 Å². The number of carbonyl (C=O) groups excluding carboxylic acids is 2. The molecule has 1 aromatic rings. The van der Waals surface area contributed by atoms with Gasteiger partial charge in [0.2, 0.25) is 5.91 Å². The van der Waals surface area contributed by atoms with Gasteiger partial charge >= 0.3 is 5.97 Å². The summed E-state index contributed by atoms with van der Waals surface area (Å²) in [7, 11) is 1.39. The Morgan fingerprint density at radius 1 is 1.19 bits per heavy atom. The molecule has 0 bridgehead atoms. The Bertz CT molecular complexity index is 675. The van der Waals surface area contributed by atoms with Gasteiger partial charge in [0.25, 0.3) is 0 Å². The van der Waals surface area contributed by atoms with Crippen molar-refractivity contribution in [1.29, 1.82) is 0 Å². The molecular weight excluding hydrogens is 344 g/mol. The second-order valence-corrected chi connectivity index (χ2v) is 7.08. The Morgan fingerprint density at radius 3 is 2.63 bits per heavy atom. The summed E-state index contributed by atoms with van der Waals surface area (Å²) in [4.78, 5) is 28.2. The van der Waals surface area contributed by atoms with Gasteiger partial charge in [0.1, 0.15) is 0 Å². The van der Waals surface area contributed by atoms with Crippen LogP contribution in [-0.2, 0) is 14.3 Å². The molecule has 0 spiro atoms. The standard InChI is InChI=1S/C21H28N2O4/c1-26-21(25)19-4-2-3-18(15-19)6-5-17-7-9-23(10-8-17)20(24)16-22-11-13-27-14-12-22/h2-6,15,17H,7-14,16H2,1H3. The first-order valence-corrected chi connectivity index (χ1v) is 9.60. The maximum Gasteiger partial charge on any atom is 0.337 e. The molecule has 6 nitrogen and oxygen atoms in total. The molecule has 1 amide bonds. The van der Waals surface area contributed by atoms with Crippen molar-refractivity contribution in [3.05, 3.63) is 41.5 Å². The number of esters is 1. The van der Waals surface area contributed by atoms with Crippen molar-refractivity contribution in [3.63, 3.8) is 0 Å². The van der Waals surface area contributed by atoms with Crippen LogP contribution in [0.25, 0.3) is 6.08 Å². The van der Waals surface area contributed by atoms with Crippen LogP contribution in [-0.4, -0.2) is 74.7 Å². The van der Waals surface area contributed by atoms with Crippen LogP contribution in [0.2, 0.25) is 0 Å². The van der Waals surface area contributed by atoms with E-state index in [1.54, 1.807) is 6.07 Å². The average molecular weight is 372 g/mol. The van der Waals surface area contributed by atoms with Crippen molar-refractivity contribution < 1.29 is 19.1 Å². The third-order valence-corrected chi connectivity index (χ3v) is 5.22. The second-order valence-electron chi connectivity index (χ2n) is 7.08. The molecule has 27 heavy (non-hydrogen) atoms. The smallest absolute Gasteiger partial charge is 0.337 e. The normalized spacial score (nSPS) is 19.4. The van der Waals surface area contributed by atoms with E-state index in [4.69, 9.17) is 9.47 Å². The summed E-state index contributed by atoms with van der Waals surface area (Å²) in [5.41, 5.74) is 1.55. The summed E-state index contributed by atoms with van der Waals surface area (Å²) >= 11 is 0. The predicted molar refractivity (Wildman–Crippen MR) is 103 cm³/mol. The highest BCUT2D eigenvalue weighted by atomic mass is 16.5. The van der Waals surface area contributed by atoms with Crippen LogP contribution in [0.3, 0.4) is 0 Å². The van der Waals surface area contributed by atoms with Crippen LogP contribution in [0.5, 0.6) is 0 Å². The van der Waals surface area contributed by atoms with E-state index in [2.05, 4.69) is 17.1 Å². The van der Waals surface area contributed by atoms with E-state index in [0.29, 0.717) is 18.0 Å². The molecule has 0 atom stereocenters. The molecule has 2 saturated heterocycles. The van der Waals surface area contributed by atoms with Crippen LogP contribution < -0.4 is 0 Å². The summed E-state index contributed by atoms with van der Waals surface area (Å²) < 4.78 is 10.1. The third-order valence-electron chi connectivity index (χ3n) is 5.22. The lowest BCUT2D eigenvalue weighted by molar-refractivity contribution is -0.134. The van der Waals surface area contributed by atoms with Gasteiger partial charge in [-0.15, -0.1) is 0 Å². The van der Waals surface area contributed by atoms with Crippen molar-refractivity contribution in [2.24, 2.45) is 5.92 Å². The van der Waals surface area contributed by atoms with Gasteiger partial charge in [0, 0.05) is 26.2 Å². The van der Waals surface area contributed by atoms with Gasteiger partial charge in [-0.3, -0.25) is 9.69 Å². The number of methoxy groups -OCH3 is 1. The monoisotopic (exact) mass is 372 g/mol. The number of hydrogen-bond acceptors (Lipinski definition) is 5. The lowest BCUT2D eigenvalue weighted by Gasteiger charge is -2.33. The van der Waals surface area contributed by atoms with Crippen molar-refractivity contribution in [2.45, 2.75) is 12.8 Å². The summed E-state index contributed by atoms with van der Waals surface area (Å²) in [6, 6.07) is 7.42. The molecule has 0 N–H and O–H groups in total. The van der Waals surface area contributed by atoms with Crippen molar-refractivity contribution in [3.8, 4) is 0 Å². The quantitative estimate of drug-likeness (QED) is 0.741. The molecule has 2 fully saturated rings. The molecular formula is C21H28N2O4.